The van der Waals surface area contributed by atoms with Gasteiger partial charge in [0.05, 0.1) is 4.90 Å². The van der Waals surface area contributed by atoms with Crippen molar-refractivity contribution in [2.75, 3.05) is 0 Å². The molecule has 0 fully saturated rings. The summed E-state index contributed by atoms with van der Waals surface area (Å²) >= 11 is 6.08. The van der Waals surface area contributed by atoms with Crippen molar-refractivity contribution in [2.24, 2.45) is 0 Å². The van der Waals surface area contributed by atoms with E-state index in [2.05, 4.69) is 0 Å². The van der Waals surface area contributed by atoms with Gasteiger partial charge in [0.1, 0.15) is 0 Å². The minimum Gasteiger partial charge on any atom is -0.289 e. The van der Waals surface area contributed by atoms with Crippen LogP contribution in [-0.2, 0) is 14.9 Å². The average Bonchev–Trinajstić information content (AvgIpc) is 2.59. The minimum absolute atomic E-state index is 0.0133. The molecule has 3 aromatic carbocycles. The second-order valence-corrected chi connectivity index (χ2v) is 8.07. The van der Waals surface area contributed by atoms with Crippen LogP contribution in [0.2, 0.25) is 0 Å². The molecule has 0 aliphatic heterocycles. The molecule has 6 heteroatoms. The van der Waals surface area contributed by atoms with E-state index in [4.69, 9.17) is 22.3 Å². The van der Waals surface area contributed by atoms with Crippen molar-refractivity contribution in [1.29, 1.82) is 0 Å². The second-order valence-electron chi connectivity index (χ2n) is 5.24. The predicted octanol–water partition coefficient (Wildman–Crippen LogP) is 4.74. The zero-order chi connectivity index (χ0) is 17.3. The van der Waals surface area contributed by atoms with Crippen LogP contribution in [0, 0.1) is 0 Å². The van der Waals surface area contributed by atoms with Crippen LogP contribution < -0.4 is 0 Å². The Labute approximate surface area is 149 Å². The predicted molar refractivity (Wildman–Crippen MR) is 96.4 cm³/mol. The van der Waals surface area contributed by atoms with Gasteiger partial charge in [-0.05, 0) is 28.5 Å². The summed E-state index contributed by atoms with van der Waals surface area (Å²) in [5, 5.41) is 1.40. The fourth-order valence-electron chi connectivity index (χ4n) is 2.63. The van der Waals surface area contributed by atoms with Gasteiger partial charge in [0.2, 0.25) is 0 Å². The van der Waals surface area contributed by atoms with E-state index in [9.17, 15) is 13.2 Å². The summed E-state index contributed by atoms with van der Waals surface area (Å²) < 4.78 is 23.0. The van der Waals surface area contributed by atoms with E-state index in [0.717, 1.165) is 5.39 Å². The largest absolute Gasteiger partial charge is 0.289 e. The molecule has 0 saturated heterocycles. The molecule has 0 aliphatic rings. The lowest BCUT2D eigenvalue weighted by Crippen LogP contribution is -2.05. The molecule has 0 aromatic heterocycles. The van der Waals surface area contributed by atoms with E-state index >= 15 is 0 Å². The first-order valence-corrected chi connectivity index (χ1v) is 9.92. The SMILES string of the molecule is O=C(c1ccccc1)c1ccc2cc(S(=O)(=O)Cl)ccc2c1CCl. The quantitative estimate of drug-likeness (QED) is 0.374. The van der Waals surface area contributed by atoms with E-state index in [-0.39, 0.29) is 16.6 Å². The first-order valence-electron chi connectivity index (χ1n) is 7.08. The molecule has 3 aromatic rings. The zero-order valence-corrected chi connectivity index (χ0v) is 14.7. The van der Waals surface area contributed by atoms with Gasteiger partial charge in [-0.25, -0.2) is 8.42 Å². The number of alkyl halides is 1. The van der Waals surface area contributed by atoms with Crippen molar-refractivity contribution in [1.82, 2.24) is 0 Å². The number of hydrogen-bond donors (Lipinski definition) is 0. The molecular weight excluding hydrogens is 367 g/mol. The maximum atomic E-state index is 12.7. The summed E-state index contributed by atoms with van der Waals surface area (Å²) in [5.74, 6) is 0.0142. The van der Waals surface area contributed by atoms with Crippen molar-refractivity contribution >= 4 is 47.9 Å². The lowest BCUT2D eigenvalue weighted by Gasteiger charge is -2.11. The fourth-order valence-corrected chi connectivity index (χ4v) is 3.70. The normalized spacial score (nSPS) is 11.6. The Hall–Kier alpha value is -1.88. The highest BCUT2D eigenvalue weighted by molar-refractivity contribution is 8.13. The molecule has 0 saturated carbocycles. The van der Waals surface area contributed by atoms with Gasteiger partial charge in [-0.2, -0.15) is 0 Å². The van der Waals surface area contributed by atoms with Crippen molar-refractivity contribution in [3.63, 3.8) is 0 Å². The number of rotatable bonds is 4. The molecule has 0 atom stereocenters. The van der Waals surface area contributed by atoms with Gasteiger partial charge in [-0.1, -0.05) is 48.5 Å². The summed E-state index contributed by atoms with van der Waals surface area (Å²) in [6, 6.07) is 16.8. The topological polar surface area (TPSA) is 51.2 Å². The third kappa shape index (κ3) is 3.18. The van der Waals surface area contributed by atoms with Gasteiger partial charge >= 0.3 is 0 Å². The first kappa shape index (κ1) is 17.0. The van der Waals surface area contributed by atoms with Crippen LogP contribution in [0.5, 0.6) is 0 Å². The molecule has 0 unspecified atom stereocenters. The molecule has 122 valence electrons. The number of ketones is 1. The molecule has 0 spiro atoms. The Morgan fingerprint density at radius 3 is 2.29 bits per heavy atom. The van der Waals surface area contributed by atoms with Crippen molar-refractivity contribution < 1.29 is 13.2 Å². The second kappa shape index (κ2) is 6.55. The van der Waals surface area contributed by atoms with Crippen LogP contribution in [0.15, 0.2) is 65.6 Å². The maximum absolute atomic E-state index is 12.7. The molecule has 0 radical (unpaired) electrons. The molecule has 0 aliphatic carbocycles. The van der Waals surface area contributed by atoms with E-state index < -0.39 is 9.05 Å². The van der Waals surface area contributed by atoms with E-state index in [1.165, 1.54) is 12.1 Å². The zero-order valence-electron chi connectivity index (χ0n) is 12.4. The van der Waals surface area contributed by atoms with Crippen molar-refractivity contribution in [3.05, 3.63) is 77.4 Å². The number of carbonyl (C=O) groups excluding carboxylic acids is 1. The molecule has 0 bridgehead atoms. The van der Waals surface area contributed by atoms with Crippen molar-refractivity contribution in [3.8, 4) is 0 Å². The average molecular weight is 379 g/mol. The molecule has 24 heavy (non-hydrogen) atoms. The first-order chi connectivity index (χ1) is 11.4. The summed E-state index contributed by atoms with van der Waals surface area (Å²) in [7, 11) is 1.58. The lowest BCUT2D eigenvalue weighted by molar-refractivity contribution is 0.103. The molecule has 0 heterocycles. The Kier molecular flexibility index (Phi) is 4.63. The van der Waals surface area contributed by atoms with Gasteiger partial charge in [-0.15, -0.1) is 11.6 Å². The van der Waals surface area contributed by atoms with Crippen LogP contribution >= 0.6 is 22.3 Å². The minimum atomic E-state index is -3.81. The number of fused-ring (bicyclic) bond motifs is 1. The van der Waals surface area contributed by atoms with Gasteiger partial charge in [0.25, 0.3) is 9.05 Å². The summed E-state index contributed by atoms with van der Waals surface area (Å²) in [4.78, 5) is 12.7. The molecule has 0 amide bonds. The fraction of sp³-hybridized carbons (Fsp3) is 0.0556. The van der Waals surface area contributed by atoms with Gasteiger partial charge in [-0.3, -0.25) is 4.79 Å². The third-order valence-corrected chi connectivity index (χ3v) is 5.42. The van der Waals surface area contributed by atoms with Gasteiger partial charge in [0.15, 0.2) is 5.78 Å². The van der Waals surface area contributed by atoms with Crippen molar-refractivity contribution in [2.45, 2.75) is 10.8 Å². The highest BCUT2D eigenvalue weighted by Gasteiger charge is 2.17. The summed E-state index contributed by atoms with van der Waals surface area (Å²) in [6.45, 7) is 0. The van der Waals surface area contributed by atoms with Crippen LogP contribution in [0.3, 0.4) is 0 Å². The number of carbonyl (C=O) groups is 1. The molecule has 3 rings (SSSR count). The maximum Gasteiger partial charge on any atom is 0.261 e. The highest BCUT2D eigenvalue weighted by atomic mass is 35.7. The van der Waals surface area contributed by atoms with Gasteiger partial charge < -0.3 is 0 Å². The van der Waals surface area contributed by atoms with Crippen LogP contribution in [0.1, 0.15) is 21.5 Å². The Morgan fingerprint density at radius 2 is 1.67 bits per heavy atom. The van der Waals surface area contributed by atoms with E-state index in [1.54, 1.807) is 42.5 Å². The Morgan fingerprint density at radius 1 is 0.958 bits per heavy atom. The molecule has 3 nitrogen and oxygen atoms in total. The third-order valence-electron chi connectivity index (χ3n) is 3.80. The van der Waals surface area contributed by atoms with E-state index in [0.29, 0.717) is 22.1 Å². The van der Waals surface area contributed by atoms with Crippen LogP contribution in [0.25, 0.3) is 10.8 Å². The van der Waals surface area contributed by atoms with E-state index in [1.807, 2.05) is 6.07 Å². The Bertz CT molecular complexity index is 1030. The summed E-state index contributed by atoms with van der Waals surface area (Å²) in [5.41, 5.74) is 1.75. The van der Waals surface area contributed by atoms with Crippen LogP contribution in [0.4, 0.5) is 0 Å². The standard InChI is InChI=1S/C18H12Cl2O3S/c19-11-17-15-9-7-14(24(20,22)23)10-13(15)6-8-16(17)18(21)12-4-2-1-3-5-12/h1-10H,11H2. The molecule has 0 N–H and O–H groups in total. The Balaban J connectivity index is 2.19. The molecular formula is C18H12Cl2O3S. The summed E-state index contributed by atoms with van der Waals surface area (Å²) in [6.07, 6.45) is 0. The monoisotopic (exact) mass is 378 g/mol. The number of benzene rings is 3. The smallest absolute Gasteiger partial charge is 0.261 e. The van der Waals surface area contributed by atoms with Crippen LogP contribution in [-0.4, -0.2) is 14.2 Å². The van der Waals surface area contributed by atoms with Gasteiger partial charge in [0, 0.05) is 27.7 Å². The lowest BCUT2D eigenvalue weighted by atomic mass is 9.94. The highest BCUT2D eigenvalue weighted by Crippen LogP contribution is 2.29. The number of hydrogen-bond acceptors (Lipinski definition) is 3. The number of halogens is 2.